The Bertz CT molecular complexity index is 343. The molecule has 0 aromatic carbocycles. The fourth-order valence-electron chi connectivity index (χ4n) is 1.16. The van der Waals surface area contributed by atoms with E-state index in [4.69, 9.17) is 15.9 Å². The van der Waals surface area contributed by atoms with Crippen molar-refractivity contribution in [3.63, 3.8) is 0 Å². The predicted molar refractivity (Wildman–Crippen MR) is 77.8 cm³/mol. The first-order valence-corrected chi connectivity index (χ1v) is 8.99. The number of carbonyl (C=O) groups excluding carboxylic acids is 1. The molecule has 0 unspecified atom stereocenters. The Labute approximate surface area is 128 Å². The van der Waals surface area contributed by atoms with E-state index in [2.05, 4.69) is 4.33 Å². The average molecular weight is 371 g/mol. The summed E-state index contributed by atoms with van der Waals surface area (Å²) in [6, 6.07) is -1.78. The topological polar surface area (TPSA) is 130 Å². The second kappa shape index (κ2) is 11.1. The van der Waals surface area contributed by atoms with Crippen LogP contribution in [-0.4, -0.2) is 65.6 Å². The van der Waals surface area contributed by atoms with Crippen LogP contribution in [0.4, 0.5) is 0 Å². The van der Waals surface area contributed by atoms with Crippen LogP contribution in [0.1, 0.15) is 26.2 Å². The molecule has 2 atom stereocenters. The molecule has 20 heavy (non-hydrogen) atoms. The first kappa shape index (κ1) is 19.4. The number of thioether (sulfide) groups is 1. The second-order valence-electron chi connectivity index (χ2n) is 3.95. The number of carboxylic acids is 2. The molecule has 9 heteroatoms. The van der Waals surface area contributed by atoms with Gasteiger partial charge in [0.2, 0.25) is 0 Å². The Morgan fingerprint density at radius 2 is 1.90 bits per heavy atom. The average Bonchev–Trinajstić information content (AvgIpc) is 2.39. The van der Waals surface area contributed by atoms with E-state index in [1.54, 1.807) is 11.8 Å². The summed E-state index contributed by atoms with van der Waals surface area (Å²) in [5, 5.41) is 17.6. The summed E-state index contributed by atoms with van der Waals surface area (Å²) < 4.78 is 2.57. The van der Waals surface area contributed by atoms with E-state index < -0.39 is 39.2 Å². The summed E-state index contributed by atoms with van der Waals surface area (Å²) in [7, 11) is 0. The standard InChI is InChI=1S/C11H20N2O5SSe/c1-2-19-6-5-8(11(17)18)13-20-9(14)4-3-7(12)10(15)16/h7-8,13H,2-6,12H2,1H3,(H,15,16)(H,17,18)/t7-,8-/m0/s1. The monoisotopic (exact) mass is 372 g/mol. The van der Waals surface area contributed by atoms with Crippen molar-refractivity contribution < 1.29 is 24.6 Å². The number of nitrogens with two attached hydrogens (primary N) is 1. The molecule has 0 radical (unpaired) electrons. The van der Waals surface area contributed by atoms with E-state index in [1.165, 1.54) is 0 Å². The first-order valence-electron chi connectivity index (χ1n) is 6.12. The van der Waals surface area contributed by atoms with Crippen LogP contribution in [0.2, 0.25) is 0 Å². The van der Waals surface area contributed by atoms with Crippen molar-refractivity contribution in [2.24, 2.45) is 5.73 Å². The van der Waals surface area contributed by atoms with E-state index in [9.17, 15) is 14.4 Å². The van der Waals surface area contributed by atoms with Crippen molar-refractivity contribution in [1.82, 2.24) is 4.33 Å². The van der Waals surface area contributed by atoms with Gasteiger partial charge in [-0.25, -0.2) is 0 Å². The van der Waals surface area contributed by atoms with Crippen LogP contribution < -0.4 is 10.1 Å². The molecule has 0 aliphatic heterocycles. The van der Waals surface area contributed by atoms with E-state index in [-0.39, 0.29) is 17.5 Å². The molecule has 0 amide bonds. The van der Waals surface area contributed by atoms with Crippen molar-refractivity contribution in [2.75, 3.05) is 11.5 Å². The number of carbonyl (C=O) groups is 3. The first-order chi connectivity index (χ1) is 9.38. The summed E-state index contributed by atoms with van der Waals surface area (Å²) in [4.78, 5) is 33.0. The maximum atomic E-state index is 11.5. The van der Waals surface area contributed by atoms with Gasteiger partial charge in [-0.15, -0.1) is 0 Å². The fourth-order valence-corrected chi connectivity index (χ4v) is 3.35. The summed E-state index contributed by atoms with van der Waals surface area (Å²) in [6.45, 7) is 1.99. The number of hydrogen-bond donors (Lipinski definition) is 4. The van der Waals surface area contributed by atoms with Crippen LogP contribution in [0.15, 0.2) is 0 Å². The zero-order valence-corrected chi connectivity index (χ0v) is 13.7. The molecule has 0 spiro atoms. The van der Waals surface area contributed by atoms with Gasteiger partial charge in [-0.05, 0) is 0 Å². The third kappa shape index (κ3) is 9.33. The molecular weight excluding hydrogens is 351 g/mol. The molecule has 0 aromatic rings. The number of carboxylic acid groups (broad SMARTS) is 2. The Kier molecular flexibility index (Phi) is 10.8. The predicted octanol–water partition coefficient (Wildman–Crippen LogP) is -0.490. The van der Waals surface area contributed by atoms with Crippen LogP contribution >= 0.6 is 11.8 Å². The molecular formula is C11H20N2O5SSe. The van der Waals surface area contributed by atoms with E-state index >= 15 is 0 Å². The Morgan fingerprint density at radius 3 is 2.40 bits per heavy atom. The third-order valence-corrected chi connectivity index (χ3v) is 5.03. The van der Waals surface area contributed by atoms with Crippen molar-refractivity contribution >= 4 is 43.6 Å². The molecule has 116 valence electrons. The van der Waals surface area contributed by atoms with Gasteiger partial charge < -0.3 is 0 Å². The van der Waals surface area contributed by atoms with Gasteiger partial charge in [-0.1, -0.05) is 0 Å². The van der Waals surface area contributed by atoms with Crippen LogP contribution in [-0.2, 0) is 14.4 Å². The van der Waals surface area contributed by atoms with Gasteiger partial charge in [0.1, 0.15) is 0 Å². The molecule has 0 aliphatic carbocycles. The van der Waals surface area contributed by atoms with E-state index in [0.717, 1.165) is 5.75 Å². The van der Waals surface area contributed by atoms with Crippen molar-refractivity contribution in [3.05, 3.63) is 0 Å². The number of aliphatic carboxylic acids is 2. The quantitative estimate of drug-likeness (QED) is 0.267. The number of nitrogens with one attached hydrogen (secondary N) is 1. The van der Waals surface area contributed by atoms with E-state index in [1.807, 2.05) is 6.92 Å². The van der Waals surface area contributed by atoms with Gasteiger partial charge in [-0.3, -0.25) is 0 Å². The van der Waals surface area contributed by atoms with Crippen LogP contribution in [0.5, 0.6) is 0 Å². The molecule has 0 rings (SSSR count). The van der Waals surface area contributed by atoms with Gasteiger partial charge in [0.15, 0.2) is 0 Å². The van der Waals surface area contributed by atoms with Crippen LogP contribution in [0, 0.1) is 0 Å². The summed E-state index contributed by atoms with van der Waals surface area (Å²) in [6.07, 6.45) is 0.578. The maximum absolute atomic E-state index is 11.5. The Morgan fingerprint density at radius 1 is 1.25 bits per heavy atom. The summed E-state index contributed by atoms with van der Waals surface area (Å²) in [5.74, 6) is -0.477. The van der Waals surface area contributed by atoms with Crippen molar-refractivity contribution in [1.29, 1.82) is 0 Å². The molecule has 5 N–H and O–H groups in total. The Balaban J connectivity index is 3.99. The fraction of sp³-hybridized carbons (Fsp3) is 0.727. The molecule has 0 saturated carbocycles. The number of hydrogen-bond acceptors (Lipinski definition) is 6. The van der Waals surface area contributed by atoms with Crippen molar-refractivity contribution in [2.45, 2.75) is 38.3 Å². The van der Waals surface area contributed by atoms with Crippen LogP contribution in [0.25, 0.3) is 0 Å². The molecule has 7 nitrogen and oxygen atoms in total. The van der Waals surface area contributed by atoms with E-state index in [0.29, 0.717) is 12.2 Å². The normalized spacial score (nSPS) is 13.7. The zero-order valence-electron chi connectivity index (χ0n) is 11.2. The molecule has 0 aliphatic rings. The molecule has 0 bridgehead atoms. The zero-order chi connectivity index (χ0) is 15.5. The van der Waals surface area contributed by atoms with Gasteiger partial charge in [-0.2, -0.15) is 0 Å². The van der Waals surface area contributed by atoms with Crippen molar-refractivity contribution in [3.8, 4) is 0 Å². The van der Waals surface area contributed by atoms with Gasteiger partial charge >= 0.3 is 128 Å². The van der Waals surface area contributed by atoms with Gasteiger partial charge in [0.05, 0.1) is 0 Å². The molecule has 0 heterocycles. The molecule has 0 aromatic heterocycles. The molecule has 0 saturated heterocycles. The van der Waals surface area contributed by atoms with Gasteiger partial charge in [0, 0.05) is 0 Å². The minimum atomic E-state index is -1.14. The Hall–Kier alpha value is -0.601. The second-order valence-corrected chi connectivity index (χ2v) is 7.22. The summed E-state index contributed by atoms with van der Waals surface area (Å²) in [5.41, 5.74) is 5.29. The minimum absolute atomic E-state index is 0.0521. The SMILES string of the molecule is CCSCC[C@H](N[Se]C(=O)CC[C@H](N)C(=O)O)C(=O)O. The number of rotatable bonds is 12. The summed E-state index contributed by atoms with van der Waals surface area (Å²) >= 11 is 0.974. The van der Waals surface area contributed by atoms with Gasteiger partial charge in [0.25, 0.3) is 0 Å². The molecule has 0 fully saturated rings. The third-order valence-electron chi connectivity index (χ3n) is 2.34. The van der Waals surface area contributed by atoms with Crippen LogP contribution in [0.3, 0.4) is 0 Å².